The smallest absolute Gasteiger partial charge is 0.238 e. The molecule has 0 unspecified atom stereocenters. The van der Waals surface area contributed by atoms with Gasteiger partial charge in [-0.1, -0.05) is 48.5 Å². The third-order valence-electron chi connectivity index (χ3n) is 3.88. The number of thioether (sulfide) groups is 1. The first kappa shape index (κ1) is 19.2. The van der Waals surface area contributed by atoms with E-state index in [1.165, 1.54) is 16.6 Å². The van der Waals surface area contributed by atoms with Crippen molar-refractivity contribution in [3.05, 3.63) is 82.6 Å². The van der Waals surface area contributed by atoms with E-state index in [9.17, 15) is 4.79 Å². The molecule has 1 aromatic heterocycles. The quantitative estimate of drug-likeness (QED) is 0.545. The first-order valence-corrected chi connectivity index (χ1v) is 10.3. The molecular weight excluding hydrogens is 374 g/mol. The van der Waals surface area contributed by atoms with E-state index in [1.807, 2.05) is 53.9 Å². The number of para-hydroxylation sites is 1. The van der Waals surface area contributed by atoms with Crippen LogP contribution in [0, 0.1) is 11.3 Å². The molecule has 1 heterocycles. The summed E-state index contributed by atoms with van der Waals surface area (Å²) >= 11 is 3.08. The van der Waals surface area contributed by atoms with Crippen molar-refractivity contribution < 1.29 is 4.79 Å². The van der Waals surface area contributed by atoms with Crippen LogP contribution in [0.25, 0.3) is 0 Å². The van der Waals surface area contributed by atoms with Crippen LogP contribution in [0.5, 0.6) is 0 Å². The second-order valence-corrected chi connectivity index (χ2v) is 7.73. The molecule has 0 saturated carbocycles. The number of carbonyl (C=O) groups excluding carboxylic acids is 1. The molecule has 2 N–H and O–H groups in total. The average Bonchev–Trinajstić information content (AvgIpc) is 3.23. The zero-order valence-electron chi connectivity index (χ0n) is 14.6. The fourth-order valence-electron chi connectivity index (χ4n) is 2.68. The van der Waals surface area contributed by atoms with Crippen molar-refractivity contribution in [1.82, 2.24) is 5.32 Å². The summed E-state index contributed by atoms with van der Waals surface area (Å²) in [7, 11) is 0. The van der Waals surface area contributed by atoms with Crippen molar-refractivity contribution in [2.24, 2.45) is 0 Å². The minimum Gasteiger partial charge on any atom is -0.324 e. The molecule has 0 spiro atoms. The lowest BCUT2D eigenvalue weighted by molar-refractivity contribution is -0.115. The molecular formula is C21H19N3OS2. The van der Waals surface area contributed by atoms with Gasteiger partial charge in [0, 0.05) is 9.77 Å². The lowest BCUT2D eigenvalue weighted by Crippen LogP contribution is -2.31. The van der Waals surface area contributed by atoms with Crippen LogP contribution < -0.4 is 10.6 Å². The van der Waals surface area contributed by atoms with Gasteiger partial charge in [0.1, 0.15) is 0 Å². The van der Waals surface area contributed by atoms with Gasteiger partial charge in [-0.25, -0.2) is 0 Å². The summed E-state index contributed by atoms with van der Waals surface area (Å²) in [4.78, 5) is 14.6. The van der Waals surface area contributed by atoms with Crippen LogP contribution in [0.1, 0.15) is 16.5 Å². The second-order valence-electron chi connectivity index (χ2n) is 5.73. The summed E-state index contributed by atoms with van der Waals surface area (Å²) in [6.07, 6.45) is 0. The SMILES string of the molecule is N#CCSc1ccccc1NC(=O)CN[C@H](c1ccccc1)c1cccs1. The topological polar surface area (TPSA) is 64.9 Å². The highest BCUT2D eigenvalue weighted by molar-refractivity contribution is 7.99. The minimum absolute atomic E-state index is 0.0276. The zero-order chi connectivity index (χ0) is 18.9. The summed E-state index contributed by atoms with van der Waals surface area (Å²) in [6.45, 7) is 0.189. The fourth-order valence-corrected chi connectivity index (χ4v) is 4.18. The number of hydrogen-bond donors (Lipinski definition) is 2. The molecule has 2 aromatic carbocycles. The number of anilines is 1. The van der Waals surface area contributed by atoms with Gasteiger partial charge in [0.15, 0.2) is 0 Å². The Balaban J connectivity index is 1.66. The van der Waals surface area contributed by atoms with Gasteiger partial charge in [-0.05, 0) is 29.1 Å². The molecule has 0 fully saturated rings. The minimum atomic E-state index is -0.113. The normalized spacial score (nSPS) is 11.5. The van der Waals surface area contributed by atoms with E-state index in [-0.39, 0.29) is 18.5 Å². The van der Waals surface area contributed by atoms with E-state index in [1.54, 1.807) is 11.3 Å². The van der Waals surface area contributed by atoms with E-state index in [2.05, 4.69) is 34.9 Å². The maximum Gasteiger partial charge on any atom is 0.238 e. The van der Waals surface area contributed by atoms with E-state index < -0.39 is 0 Å². The molecule has 3 rings (SSSR count). The van der Waals surface area contributed by atoms with Crippen molar-refractivity contribution in [2.75, 3.05) is 17.6 Å². The lowest BCUT2D eigenvalue weighted by Gasteiger charge is -2.18. The fraction of sp³-hybridized carbons (Fsp3) is 0.143. The van der Waals surface area contributed by atoms with Gasteiger partial charge in [-0.15, -0.1) is 23.1 Å². The molecule has 0 aliphatic rings. The average molecular weight is 394 g/mol. The number of hydrogen-bond acceptors (Lipinski definition) is 5. The molecule has 6 heteroatoms. The monoisotopic (exact) mass is 393 g/mol. The summed E-state index contributed by atoms with van der Waals surface area (Å²) < 4.78 is 0. The first-order chi connectivity index (χ1) is 13.3. The molecule has 1 atom stereocenters. The molecule has 1 amide bonds. The third-order valence-corrected chi connectivity index (χ3v) is 5.76. The molecule has 4 nitrogen and oxygen atoms in total. The Morgan fingerprint density at radius 1 is 1.07 bits per heavy atom. The van der Waals surface area contributed by atoms with Crippen molar-refractivity contribution in [3.8, 4) is 6.07 Å². The molecule has 0 bridgehead atoms. The van der Waals surface area contributed by atoms with Crippen LogP contribution in [-0.4, -0.2) is 18.2 Å². The first-order valence-electron chi connectivity index (χ1n) is 8.48. The van der Waals surface area contributed by atoms with Gasteiger partial charge in [-0.3, -0.25) is 10.1 Å². The summed E-state index contributed by atoms with van der Waals surface area (Å²) in [5.41, 5.74) is 1.86. The standard InChI is InChI=1S/C21H19N3OS2/c22-12-14-27-18-10-5-4-9-17(18)24-20(25)15-23-21(19-11-6-13-26-19)16-7-2-1-3-8-16/h1-11,13,21,23H,14-15H2,(H,24,25)/t21-/m1/s1. The Hall–Kier alpha value is -2.59. The molecule has 3 aromatic rings. The maximum absolute atomic E-state index is 12.5. The van der Waals surface area contributed by atoms with E-state index >= 15 is 0 Å². The Kier molecular flexibility index (Phi) is 7.05. The highest BCUT2D eigenvalue weighted by atomic mass is 32.2. The number of carbonyl (C=O) groups is 1. The van der Waals surface area contributed by atoms with Gasteiger partial charge >= 0.3 is 0 Å². The maximum atomic E-state index is 12.5. The molecule has 0 aliphatic carbocycles. The van der Waals surface area contributed by atoms with Gasteiger partial charge in [0.05, 0.1) is 30.1 Å². The van der Waals surface area contributed by atoms with Crippen molar-refractivity contribution in [1.29, 1.82) is 5.26 Å². The number of nitrogens with one attached hydrogen (secondary N) is 2. The summed E-state index contributed by atoms with van der Waals surface area (Å²) in [6, 6.07) is 23.8. The largest absolute Gasteiger partial charge is 0.324 e. The Morgan fingerprint density at radius 3 is 2.59 bits per heavy atom. The summed E-state index contributed by atoms with van der Waals surface area (Å²) in [5.74, 6) is 0.233. The molecule has 27 heavy (non-hydrogen) atoms. The lowest BCUT2D eigenvalue weighted by atomic mass is 10.1. The van der Waals surface area contributed by atoms with Crippen molar-refractivity contribution in [3.63, 3.8) is 0 Å². The van der Waals surface area contributed by atoms with E-state index in [4.69, 9.17) is 5.26 Å². The van der Waals surface area contributed by atoms with Crippen LogP contribution in [0.2, 0.25) is 0 Å². The number of rotatable bonds is 8. The molecule has 136 valence electrons. The van der Waals surface area contributed by atoms with Crippen LogP contribution in [0.15, 0.2) is 77.0 Å². The van der Waals surface area contributed by atoms with E-state index in [0.29, 0.717) is 5.75 Å². The highest BCUT2D eigenvalue weighted by Crippen LogP contribution is 2.27. The number of amides is 1. The van der Waals surface area contributed by atoms with Gasteiger partial charge in [0.2, 0.25) is 5.91 Å². The molecule has 0 saturated heterocycles. The molecule has 0 aliphatic heterocycles. The summed E-state index contributed by atoms with van der Waals surface area (Å²) in [5, 5.41) is 17.1. The predicted octanol–water partition coefficient (Wildman–Crippen LogP) is 4.68. The number of nitrogens with zero attached hydrogens (tertiary/aromatic N) is 1. The van der Waals surface area contributed by atoms with Crippen molar-refractivity contribution >= 4 is 34.7 Å². The number of benzene rings is 2. The van der Waals surface area contributed by atoms with Crippen LogP contribution in [0.3, 0.4) is 0 Å². The number of nitriles is 1. The zero-order valence-corrected chi connectivity index (χ0v) is 16.2. The van der Waals surface area contributed by atoms with Crippen LogP contribution >= 0.6 is 23.1 Å². The highest BCUT2D eigenvalue weighted by Gasteiger charge is 2.16. The van der Waals surface area contributed by atoms with Crippen molar-refractivity contribution in [2.45, 2.75) is 10.9 Å². The number of thiophene rings is 1. The second kappa shape index (κ2) is 9.93. The van der Waals surface area contributed by atoms with Crippen LogP contribution in [-0.2, 0) is 4.79 Å². The Labute approximate surface area is 167 Å². The predicted molar refractivity (Wildman–Crippen MR) is 112 cm³/mol. The molecule has 0 radical (unpaired) electrons. The van der Waals surface area contributed by atoms with Gasteiger partial charge < -0.3 is 5.32 Å². The van der Waals surface area contributed by atoms with E-state index in [0.717, 1.165) is 16.1 Å². The Morgan fingerprint density at radius 2 is 1.85 bits per heavy atom. The van der Waals surface area contributed by atoms with Gasteiger partial charge in [0.25, 0.3) is 0 Å². The Bertz CT molecular complexity index is 905. The third kappa shape index (κ3) is 5.44. The van der Waals surface area contributed by atoms with Crippen LogP contribution in [0.4, 0.5) is 5.69 Å². The van der Waals surface area contributed by atoms with Gasteiger partial charge in [-0.2, -0.15) is 5.26 Å².